The van der Waals surface area contributed by atoms with E-state index in [-0.39, 0.29) is 22.8 Å². The maximum atomic E-state index is 12.7. The molecule has 0 saturated heterocycles. The van der Waals surface area contributed by atoms with Crippen LogP contribution in [0.5, 0.6) is 23.0 Å². The van der Waals surface area contributed by atoms with Crippen LogP contribution in [0.25, 0.3) is 0 Å². The van der Waals surface area contributed by atoms with Gasteiger partial charge in [0.1, 0.15) is 28.6 Å². The van der Waals surface area contributed by atoms with Gasteiger partial charge in [0.25, 0.3) is 0 Å². The highest BCUT2D eigenvalue weighted by Crippen LogP contribution is 2.45. The number of ketones is 1. The molecule has 6 nitrogen and oxygen atoms in total. The highest BCUT2D eigenvalue weighted by atomic mass is 16.5. The number of hydrogen-bond donors (Lipinski definition) is 4. The van der Waals surface area contributed by atoms with Gasteiger partial charge in [-0.25, -0.2) is 0 Å². The van der Waals surface area contributed by atoms with E-state index in [9.17, 15) is 25.2 Å². The molecule has 3 rings (SSSR count). The predicted molar refractivity (Wildman–Crippen MR) is 99.5 cm³/mol. The van der Waals surface area contributed by atoms with Gasteiger partial charge in [0.05, 0.1) is 0 Å². The number of aliphatic hydroxyl groups excluding tert-OH is 1. The van der Waals surface area contributed by atoms with E-state index in [1.807, 2.05) is 19.9 Å². The number of carbonyl (C=O) groups is 1. The number of phenols is 3. The maximum Gasteiger partial charge on any atom is 0.202 e. The normalized spacial score (nSPS) is 18.6. The smallest absolute Gasteiger partial charge is 0.202 e. The summed E-state index contributed by atoms with van der Waals surface area (Å²) in [6, 6.07) is 5.74. The number of aromatic hydroxyl groups is 3. The maximum absolute atomic E-state index is 12.7. The molecule has 142 valence electrons. The second kappa shape index (κ2) is 6.96. The average Bonchev–Trinajstić information content (AvgIpc) is 2.59. The third-order valence-electron chi connectivity index (χ3n) is 4.65. The van der Waals surface area contributed by atoms with Crippen molar-refractivity contribution in [3.8, 4) is 23.0 Å². The molecule has 2 atom stereocenters. The van der Waals surface area contributed by atoms with E-state index in [0.29, 0.717) is 23.1 Å². The van der Waals surface area contributed by atoms with Crippen molar-refractivity contribution in [2.24, 2.45) is 0 Å². The number of Topliss-reactive ketones (excluding diaryl/α,β-unsaturated/α-hetero) is 1. The summed E-state index contributed by atoms with van der Waals surface area (Å²) in [5.41, 5.74) is 2.33. The number of phenolic OH excluding ortho intramolecular Hbond substituents is 3. The van der Waals surface area contributed by atoms with Gasteiger partial charge in [0, 0.05) is 11.6 Å². The third kappa shape index (κ3) is 3.36. The number of ether oxygens (including phenoxy) is 1. The first-order valence-corrected chi connectivity index (χ1v) is 8.60. The van der Waals surface area contributed by atoms with Crippen molar-refractivity contribution in [1.82, 2.24) is 0 Å². The van der Waals surface area contributed by atoms with Crippen LogP contribution in [0.4, 0.5) is 0 Å². The zero-order valence-corrected chi connectivity index (χ0v) is 15.4. The zero-order chi connectivity index (χ0) is 19.9. The minimum absolute atomic E-state index is 0.0658. The molecule has 4 N–H and O–H groups in total. The Morgan fingerprint density at radius 1 is 1.11 bits per heavy atom. The summed E-state index contributed by atoms with van der Waals surface area (Å²) < 4.78 is 5.92. The first-order valence-electron chi connectivity index (χ1n) is 8.60. The monoisotopic (exact) mass is 370 g/mol. The molecule has 0 aliphatic carbocycles. The first kappa shape index (κ1) is 18.8. The molecular weight excluding hydrogens is 348 g/mol. The van der Waals surface area contributed by atoms with Gasteiger partial charge < -0.3 is 25.2 Å². The Balaban J connectivity index is 2.14. The fourth-order valence-electron chi connectivity index (χ4n) is 3.13. The molecule has 27 heavy (non-hydrogen) atoms. The summed E-state index contributed by atoms with van der Waals surface area (Å²) in [6.45, 7) is 5.51. The van der Waals surface area contributed by atoms with Crippen LogP contribution < -0.4 is 4.74 Å². The van der Waals surface area contributed by atoms with E-state index in [1.165, 1.54) is 6.07 Å². The summed E-state index contributed by atoms with van der Waals surface area (Å²) >= 11 is 0. The number of aryl methyl sites for hydroxylation is 1. The lowest BCUT2D eigenvalue weighted by Gasteiger charge is -2.32. The molecule has 2 unspecified atom stereocenters. The third-order valence-corrected chi connectivity index (χ3v) is 4.65. The van der Waals surface area contributed by atoms with Gasteiger partial charge in [-0.2, -0.15) is 0 Å². The fourth-order valence-corrected chi connectivity index (χ4v) is 3.13. The van der Waals surface area contributed by atoms with E-state index in [4.69, 9.17) is 4.74 Å². The van der Waals surface area contributed by atoms with Crippen LogP contribution in [0.2, 0.25) is 0 Å². The molecule has 0 aromatic heterocycles. The Hall–Kier alpha value is -2.99. The first-order chi connectivity index (χ1) is 12.7. The van der Waals surface area contributed by atoms with Crippen LogP contribution in [0.1, 0.15) is 47.0 Å². The van der Waals surface area contributed by atoms with Gasteiger partial charge in [-0.05, 0) is 50.5 Å². The molecule has 0 radical (unpaired) electrons. The van der Waals surface area contributed by atoms with Crippen molar-refractivity contribution >= 4 is 5.78 Å². The second-order valence-corrected chi connectivity index (χ2v) is 6.98. The molecule has 1 aliphatic heterocycles. The average molecular weight is 370 g/mol. The van der Waals surface area contributed by atoms with Crippen molar-refractivity contribution in [1.29, 1.82) is 0 Å². The van der Waals surface area contributed by atoms with Gasteiger partial charge in [-0.3, -0.25) is 4.79 Å². The van der Waals surface area contributed by atoms with Crippen molar-refractivity contribution in [3.05, 3.63) is 58.2 Å². The Labute approximate surface area is 157 Å². The van der Waals surface area contributed by atoms with E-state index >= 15 is 0 Å². The van der Waals surface area contributed by atoms with E-state index in [0.717, 1.165) is 11.6 Å². The molecule has 6 heteroatoms. The molecule has 2 aromatic carbocycles. The van der Waals surface area contributed by atoms with Gasteiger partial charge >= 0.3 is 0 Å². The van der Waals surface area contributed by atoms with Crippen LogP contribution in [0.3, 0.4) is 0 Å². The van der Waals surface area contributed by atoms with Gasteiger partial charge in [0.2, 0.25) is 5.78 Å². The molecule has 0 bridgehead atoms. The molecule has 0 fully saturated rings. The fraction of sp³-hybridized carbons (Fsp3) is 0.286. The number of aliphatic hydroxyl groups is 1. The molecule has 0 spiro atoms. The highest BCUT2D eigenvalue weighted by molar-refractivity contribution is 6.06. The van der Waals surface area contributed by atoms with Gasteiger partial charge in [0.15, 0.2) is 12.2 Å². The van der Waals surface area contributed by atoms with Crippen LogP contribution in [0.15, 0.2) is 35.9 Å². The molecular formula is C21H22O6. The number of allylic oxidation sites excluding steroid dienone is 2. The van der Waals surface area contributed by atoms with Gasteiger partial charge in [-0.15, -0.1) is 0 Å². The largest absolute Gasteiger partial charge is 0.508 e. The number of rotatable bonds is 3. The van der Waals surface area contributed by atoms with Gasteiger partial charge in [-0.1, -0.05) is 17.7 Å². The lowest BCUT2D eigenvalue weighted by Crippen LogP contribution is -2.36. The van der Waals surface area contributed by atoms with Crippen LogP contribution in [-0.4, -0.2) is 32.3 Å². The molecule has 0 amide bonds. The van der Waals surface area contributed by atoms with Crippen molar-refractivity contribution < 1.29 is 30.0 Å². The summed E-state index contributed by atoms with van der Waals surface area (Å²) in [4.78, 5) is 12.7. The minimum Gasteiger partial charge on any atom is -0.508 e. The number of fused-ring (bicyclic) bond motifs is 1. The van der Waals surface area contributed by atoms with E-state index in [2.05, 4.69) is 0 Å². The topological polar surface area (TPSA) is 107 Å². The Kier molecular flexibility index (Phi) is 4.85. The number of benzene rings is 2. The molecule has 1 heterocycles. The molecule has 1 aliphatic rings. The van der Waals surface area contributed by atoms with Crippen molar-refractivity contribution in [2.75, 3.05) is 0 Å². The van der Waals surface area contributed by atoms with Crippen molar-refractivity contribution in [3.63, 3.8) is 0 Å². The van der Waals surface area contributed by atoms with E-state index in [1.54, 1.807) is 19.1 Å². The summed E-state index contributed by atoms with van der Waals surface area (Å²) in [5.74, 6) is -1.14. The van der Waals surface area contributed by atoms with Crippen LogP contribution in [-0.2, 0) is 6.42 Å². The molecule has 2 aromatic rings. The molecule has 0 saturated carbocycles. The summed E-state index contributed by atoms with van der Waals surface area (Å²) in [7, 11) is 0. The van der Waals surface area contributed by atoms with Crippen molar-refractivity contribution in [2.45, 2.75) is 39.4 Å². The Morgan fingerprint density at radius 2 is 1.81 bits per heavy atom. The quantitative estimate of drug-likeness (QED) is 0.618. The summed E-state index contributed by atoms with van der Waals surface area (Å²) in [6.07, 6.45) is -0.365. The SMILES string of the molecule is CC(C)=CCc1c(O)cc(O)c2c1OC(c1ccc(O)c(C)c1)C(O)C2=O. The Morgan fingerprint density at radius 3 is 2.44 bits per heavy atom. The Bertz CT molecular complexity index is 940. The highest BCUT2D eigenvalue weighted by Gasteiger charge is 2.40. The van der Waals surface area contributed by atoms with E-state index < -0.39 is 23.7 Å². The minimum atomic E-state index is -1.52. The second-order valence-electron chi connectivity index (χ2n) is 6.98. The standard InChI is InChI=1S/C21H22O6/c1-10(2)4-6-13-15(23)9-16(24)17-18(25)19(26)20(27-21(13)17)12-5-7-14(22)11(3)8-12/h4-5,7-9,19-20,22-24,26H,6H2,1-3H3. The zero-order valence-electron chi connectivity index (χ0n) is 15.4. The summed E-state index contributed by atoms with van der Waals surface area (Å²) in [5, 5.41) is 40.6. The predicted octanol–water partition coefficient (Wildman–Crippen LogP) is 3.30. The lowest BCUT2D eigenvalue weighted by atomic mass is 9.90. The number of hydrogen-bond acceptors (Lipinski definition) is 6. The van der Waals surface area contributed by atoms with Crippen LogP contribution in [0, 0.1) is 6.92 Å². The van der Waals surface area contributed by atoms with Crippen LogP contribution >= 0.6 is 0 Å². The number of carbonyl (C=O) groups excluding carboxylic acids is 1. The lowest BCUT2D eigenvalue weighted by molar-refractivity contribution is 0.0206.